The number of aliphatic hydroxyl groups excluding tert-OH is 1. The molecule has 24 heavy (non-hydrogen) atoms. The predicted molar refractivity (Wildman–Crippen MR) is 81.2 cm³/mol. The van der Waals surface area contributed by atoms with Gasteiger partial charge in [-0.3, -0.25) is 9.59 Å². The maximum Gasteiger partial charge on any atom is 0.393 e. The molecule has 0 spiro atoms. The number of amides is 2. The number of rotatable bonds is 4. The van der Waals surface area contributed by atoms with Crippen molar-refractivity contribution in [1.29, 1.82) is 0 Å². The topological polar surface area (TPSA) is 78.4 Å². The second-order valence-corrected chi connectivity index (χ2v) is 5.91. The van der Waals surface area contributed by atoms with Crippen LogP contribution in [-0.4, -0.2) is 35.7 Å². The largest absolute Gasteiger partial charge is 0.393 e. The number of hydrogen-bond acceptors (Lipinski definition) is 3. The van der Waals surface area contributed by atoms with Gasteiger partial charge in [-0.2, -0.15) is 13.2 Å². The van der Waals surface area contributed by atoms with Gasteiger partial charge in [0.2, 0.25) is 0 Å². The van der Waals surface area contributed by atoms with Crippen molar-refractivity contribution in [1.82, 2.24) is 5.32 Å². The minimum absolute atomic E-state index is 0.00483. The molecule has 1 saturated carbocycles. The summed E-state index contributed by atoms with van der Waals surface area (Å²) in [6, 6.07) is 5.26. The SMILES string of the molecule is O=C(NCC1CCCC1O)C(=O)Nc1cccc(CC(F)(F)F)c1. The summed E-state index contributed by atoms with van der Waals surface area (Å²) in [6.45, 7) is 0.196. The summed E-state index contributed by atoms with van der Waals surface area (Å²) in [5.41, 5.74) is 0.118. The van der Waals surface area contributed by atoms with E-state index in [1.807, 2.05) is 0 Å². The average molecular weight is 344 g/mol. The molecule has 0 heterocycles. The first-order valence-corrected chi connectivity index (χ1v) is 7.67. The molecule has 2 rings (SSSR count). The fourth-order valence-electron chi connectivity index (χ4n) is 2.74. The van der Waals surface area contributed by atoms with Crippen molar-refractivity contribution in [3.05, 3.63) is 29.8 Å². The van der Waals surface area contributed by atoms with E-state index >= 15 is 0 Å². The molecule has 0 radical (unpaired) electrons. The van der Waals surface area contributed by atoms with Gasteiger partial charge in [-0.25, -0.2) is 0 Å². The first-order valence-electron chi connectivity index (χ1n) is 7.67. The molecule has 0 aromatic heterocycles. The number of nitrogens with one attached hydrogen (secondary N) is 2. The van der Waals surface area contributed by atoms with Gasteiger partial charge in [-0.05, 0) is 30.5 Å². The van der Waals surface area contributed by atoms with E-state index in [4.69, 9.17) is 0 Å². The molecule has 0 saturated heterocycles. The van der Waals surface area contributed by atoms with Crippen LogP contribution in [0.5, 0.6) is 0 Å². The fraction of sp³-hybridized carbons (Fsp3) is 0.500. The summed E-state index contributed by atoms with van der Waals surface area (Å²) in [4.78, 5) is 23.5. The molecule has 3 N–H and O–H groups in total. The Bertz CT molecular complexity index is 604. The smallest absolute Gasteiger partial charge is 0.393 e. The Morgan fingerprint density at radius 2 is 1.96 bits per heavy atom. The summed E-state index contributed by atoms with van der Waals surface area (Å²) in [7, 11) is 0. The molecular formula is C16H19F3N2O3. The molecule has 0 aliphatic heterocycles. The van der Waals surface area contributed by atoms with Gasteiger partial charge >= 0.3 is 18.0 Å². The summed E-state index contributed by atoms with van der Waals surface area (Å²) in [6.07, 6.45) is -3.60. The summed E-state index contributed by atoms with van der Waals surface area (Å²) in [5.74, 6) is -1.90. The molecule has 2 atom stereocenters. The van der Waals surface area contributed by atoms with Crippen LogP contribution in [0.1, 0.15) is 24.8 Å². The molecule has 2 amide bonds. The zero-order valence-corrected chi connectivity index (χ0v) is 12.9. The van der Waals surface area contributed by atoms with Crippen molar-refractivity contribution in [2.75, 3.05) is 11.9 Å². The van der Waals surface area contributed by atoms with Crippen LogP contribution in [0.15, 0.2) is 24.3 Å². The third kappa shape index (κ3) is 5.52. The predicted octanol–water partition coefficient (Wildman–Crippen LogP) is 2.01. The molecule has 1 aromatic carbocycles. The maximum atomic E-state index is 12.4. The van der Waals surface area contributed by atoms with Crippen molar-refractivity contribution in [2.45, 2.75) is 38.0 Å². The number of carbonyl (C=O) groups is 2. The lowest BCUT2D eigenvalue weighted by Gasteiger charge is -2.15. The Hall–Kier alpha value is -2.09. The lowest BCUT2D eigenvalue weighted by molar-refractivity contribution is -0.136. The second-order valence-electron chi connectivity index (χ2n) is 5.91. The Morgan fingerprint density at radius 1 is 1.21 bits per heavy atom. The minimum Gasteiger partial charge on any atom is -0.393 e. The van der Waals surface area contributed by atoms with Gasteiger partial charge in [0, 0.05) is 18.2 Å². The number of benzene rings is 1. The van der Waals surface area contributed by atoms with Crippen LogP contribution in [0, 0.1) is 5.92 Å². The standard InChI is InChI=1S/C16H19F3N2O3/c17-16(18,19)8-10-3-1-5-12(7-10)21-15(24)14(23)20-9-11-4-2-6-13(11)22/h1,3,5,7,11,13,22H,2,4,6,8-9H2,(H,20,23)(H,21,24). The summed E-state index contributed by atoms with van der Waals surface area (Å²) >= 11 is 0. The number of alkyl halides is 3. The fourth-order valence-corrected chi connectivity index (χ4v) is 2.74. The van der Waals surface area contributed by atoms with E-state index in [-0.39, 0.29) is 23.7 Å². The lowest BCUT2D eigenvalue weighted by atomic mass is 10.1. The average Bonchev–Trinajstić information content (AvgIpc) is 2.88. The normalized spacial score (nSPS) is 20.7. The Kier molecular flexibility index (Phi) is 5.82. The van der Waals surface area contributed by atoms with Gasteiger partial charge in [0.25, 0.3) is 0 Å². The number of aliphatic hydroxyl groups is 1. The van der Waals surface area contributed by atoms with Crippen LogP contribution in [0.4, 0.5) is 18.9 Å². The van der Waals surface area contributed by atoms with Crippen LogP contribution < -0.4 is 10.6 Å². The Morgan fingerprint density at radius 3 is 2.58 bits per heavy atom. The van der Waals surface area contributed by atoms with Crippen molar-refractivity contribution in [3.63, 3.8) is 0 Å². The van der Waals surface area contributed by atoms with E-state index < -0.39 is 30.5 Å². The molecule has 1 fully saturated rings. The number of halogens is 3. The van der Waals surface area contributed by atoms with Crippen molar-refractivity contribution in [3.8, 4) is 0 Å². The van der Waals surface area contributed by atoms with E-state index in [0.717, 1.165) is 12.8 Å². The van der Waals surface area contributed by atoms with Gasteiger partial charge in [0.05, 0.1) is 12.5 Å². The molecule has 0 bridgehead atoms. The number of carbonyl (C=O) groups excluding carboxylic acids is 2. The first kappa shape index (κ1) is 18.3. The zero-order valence-electron chi connectivity index (χ0n) is 12.9. The van der Waals surface area contributed by atoms with E-state index in [1.165, 1.54) is 24.3 Å². The van der Waals surface area contributed by atoms with Gasteiger partial charge in [0.1, 0.15) is 0 Å². The van der Waals surface area contributed by atoms with Gasteiger partial charge < -0.3 is 15.7 Å². The molecule has 2 unspecified atom stereocenters. The van der Waals surface area contributed by atoms with Crippen LogP contribution in [0.25, 0.3) is 0 Å². The highest BCUT2D eigenvalue weighted by molar-refractivity contribution is 6.39. The summed E-state index contributed by atoms with van der Waals surface area (Å²) < 4.78 is 37.1. The first-order chi connectivity index (χ1) is 11.2. The Balaban J connectivity index is 1.87. The number of anilines is 1. The maximum absolute atomic E-state index is 12.4. The van der Waals surface area contributed by atoms with Crippen molar-refractivity contribution in [2.24, 2.45) is 5.92 Å². The van der Waals surface area contributed by atoms with Crippen molar-refractivity contribution >= 4 is 17.5 Å². The highest BCUT2D eigenvalue weighted by Gasteiger charge is 2.28. The highest BCUT2D eigenvalue weighted by Crippen LogP contribution is 2.25. The van der Waals surface area contributed by atoms with Crippen LogP contribution in [0.2, 0.25) is 0 Å². The lowest BCUT2D eigenvalue weighted by Crippen LogP contribution is -2.39. The van der Waals surface area contributed by atoms with E-state index in [9.17, 15) is 27.9 Å². The quantitative estimate of drug-likeness (QED) is 0.731. The minimum atomic E-state index is -4.35. The van der Waals surface area contributed by atoms with Crippen LogP contribution >= 0.6 is 0 Å². The summed E-state index contributed by atoms with van der Waals surface area (Å²) in [5, 5.41) is 14.4. The van der Waals surface area contributed by atoms with E-state index in [2.05, 4.69) is 10.6 Å². The van der Waals surface area contributed by atoms with Gasteiger partial charge in [0.15, 0.2) is 0 Å². The van der Waals surface area contributed by atoms with Crippen LogP contribution in [0.3, 0.4) is 0 Å². The number of hydrogen-bond donors (Lipinski definition) is 3. The molecule has 5 nitrogen and oxygen atoms in total. The molecule has 1 aliphatic carbocycles. The second kappa shape index (κ2) is 7.65. The Labute approximate surface area is 137 Å². The monoisotopic (exact) mass is 344 g/mol. The molecule has 8 heteroatoms. The van der Waals surface area contributed by atoms with Gasteiger partial charge in [-0.15, -0.1) is 0 Å². The zero-order chi connectivity index (χ0) is 17.7. The van der Waals surface area contributed by atoms with E-state index in [1.54, 1.807) is 0 Å². The van der Waals surface area contributed by atoms with Crippen molar-refractivity contribution < 1.29 is 27.9 Å². The van der Waals surface area contributed by atoms with Gasteiger partial charge in [-0.1, -0.05) is 18.6 Å². The third-order valence-corrected chi connectivity index (χ3v) is 3.94. The van der Waals surface area contributed by atoms with E-state index in [0.29, 0.717) is 6.42 Å². The molecule has 132 valence electrons. The van der Waals surface area contributed by atoms with Crippen LogP contribution in [-0.2, 0) is 16.0 Å². The highest BCUT2D eigenvalue weighted by atomic mass is 19.4. The molecule has 1 aromatic rings. The third-order valence-electron chi connectivity index (χ3n) is 3.94. The molecule has 1 aliphatic rings. The molecular weight excluding hydrogens is 325 g/mol.